The molecule has 4 nitrogen and oxygen atoms in total. The van der Waals surface area contributed by atoms with Crippen molar-refractivity contribution >= 4 is 28.8 Å². The van der Waals surface area contributed by atoms with Gasteiger partial charge in [-0.3, -0.25) is 4.79 Å². The highest BCUT2D eigenvalue weighted by atomic mass is 35.5. The molecule has 4 rings (SSSR count). The lowest BCUT2D eigenvalue weighted by molar-refractivity contribution is -0.127. The van der Waals surface area contributed by atoms with E-state index in [1.54, 1.807) is 6.20 Å². The lowest BCUT2D eigenvalue weighted by atomic mass is 9.84. The molecule has 1 amide bonds. The van der Waals surface area contributed by atoms with Crippen LogP contribution in [0, 0.1) is 0 Å². The van der Waals surface area contributed by atoms with Crippen LogP contribution in [0.3, 0.4) is 0 Å². The number of benzene rings is 1. The van der Waals surface area contributed by atoms with Crippen molar-refractivity contribution in [3.05, 3.63) is 81.7 Å². The van der Waals surface area contributed by atoms with Gasteiger partial charge >= 0.3 is 0 Å². The summed E-state index contributed by atoms with van der Waals surface area (Å²) in [5.41, 5.74) is 4.34. The third-order valence-corrected chi connectivity index (χ3v) is 7.26. The van der Waals surface area contributed by atoms with Gasteiger partial charge in [0.1, 0.15) is 0 Å². The molecule has 0 unspecified atom stereocenters. The molecule has 166 valence electrons. The highest BCUT2D eigenvalue weighted by Crippen LogP contribution is 2.44. The van der Waals surface area contributed by atoms with Crippen LogP contribution in [-0.2, 0) is 11.3 Å². The van der Waals surface area contributed by atoms with Gasteiger partial charge in [0.25, 0.3) is 0 Å². The summed E-state index contributed by atoms with van der Waals surface area (Å²) in [5.74, 6) is 0.581. The van der Waals surface area contributed by atoms with Crippen LogP contribution in [0.15, 0.2) is 61.3 Å². The fraction of sp³-hybridized carbons (Fsp3) is 0.308. The number of aromatic nitrogens is 1. The van der Waals surface area contributed by atoms with E-state index in [1.807, 2.05) is 29.2 Å². The Kier molecular flexibility index (Phi) is 6.97. The third kappa shape index (κ3) is 4.45. The van der Waals surface area contributed by atoms with Gasteiger partial charge in [-0.25, -0.2) is 4.98 Å². The first-order valence-electron chi connectivity index (χ1n) is 11.0. The average Bonchev–Trinajstić information content (AvgIpc) is 3.21. The van der Waals surface area contributed by atoms with E-state index in [-0.39, 0.29) is 17.9 Å². The van der Waals surface area contributed by atoms with Crippen molar-refractivity contribution in [2.45, 2.75) is 45.3 Å². The van der Waals surface area contributed by atoms with Crippen molar-refractivity contribution in [2.24, 2.45) is 0 Å². The van der Waals surface area contributed by atoms with Gasteiger partial charge in [0.2, 0.25) is 11.8 Å². The smallest absolute Gasteiger partial charge is 0.246 e. The molecule has 0 fully saturated rings. The zero-order valence-electron chi connectivity index (χ0n) is 18.4. The molecule has 32 heavy (non-hydrogen) atoms. The van der Waals surface area contributed by atoms with Crippen LogP contribution in [0.2, 0.25) is 4.34 Å². The number of carbonyl (C=O) groups excluding carboxylic acids is 1. The molecule has 3 aromatic rings. The first kappa shape index (κ1) is 22.6. The van der Waals surface area contributed by atoms with Crippen molar-refractivity contribution in [1.29, 1.82) is 0 Å². The maximum absolute atomic E-state index is 12.5. The second kappa shape index (κ2) is 9.88. The van der Waals surface area contributed by atoms with Gasteiger partial charge in [0.05, 0.1) is 17.0 Å². The van der Waals surface area contributed by atoms with E-state index in [4.69, 9.17) is 16.3 Å². The molecule has 0 spiro atoms. The lowest BCUT2D eigenvalue weighted by Gasteiger charge is -2.33. The van der Waals surface area contributed by atoms with Crippen LogP contribution in [0.4, 0.5) is 0 Å². The summed E-state index contributed by atoms with van der Waals surface area (Å²) in [6, 6.07) is 14.3. The third-order valence-electron chi connectivity index (χ3n) is 6.00. The summed E-state index contributed by atoms with van der Waals surface area (Å²) < 4.78 is 7.02. The van der Waals surface area contributed by atoms with Crippen LogP contribution >= 0.6 is 22.9 Å². The van der Waals surface area contributed by atoms with Crippen LogP contribution in [0.5, 0.6) is 5.88 Å². The minimum atomic E-state index is -0.0678. The second-order valence-electron chi connectivity index (χ2n) is 7.90. The number of thiophene rings is 1. The molecule has 0 radical (unpaired) electrons. The maximum Gasteiger partial charge on any atom is 0.246 e. The molecule has 1 atom stereocenters. The van der Waals surface area contributed by atoms with Crippen LogP contribution < -0.4 is 4.74 Å². The fourth-order valence-corrected chi connectivity index (χ4v) is 5.65. The van der Waals surface area contributed by atoms with Crippen molar-refractivity contribution in [1.82, 2.24) is 9.88 Å². The minimum Gasteiger partial charge on any atom is -0.474 e. The summed E-state index contributed by atoms with van der Waals surface area (Å²) in [7, 11) is 0. The monoisotopic (exact) mass is 466 g/mol. The number of hydrogen-bond donors (Lipinski definition) is 0. The summed E-state index contributed by atoms with van der Waals surface area (Å²) >= 11 is 7.94. The highest BCUT2D eigenvalue weighted by molar-refractivity contribution is 7.16. The molecule has 6 heteroatoms. The molecule has 2 aromatic heterocycles. The molecule has 0 aliphatic carbocycles. The molecular formula is C26H27ClN2O2S. The quantitative estimate of drug-likeness (QED) is 0.364. The fourth-order valence-electron chi connectivity index (χ4n) is 4.30. The first-order chi connectivity index (χ1) is 15.5. The van der Waals surface area contributed by atoms with E-state index >= 15 is 0 Å². The van der Waals surface area contributed by atoms with Crippen LogP contribution in [0.1, 0.15) is 48.6 Å². The summed E-state index contributed by atoms with van der Waals surface area (Å²) in [5, 5.41) is 0. The van der Waals surface area contributed by atoms with Gasteiger partial charge in [-0.05, 0) is 53.8 Å². The number of carbonyl (C=O) groups is 1. The maximum atomic E-state index is 12.5. The Labute approximate surface area is 198 Å². The van der Waals surface area contributed by atoms with Gasteiger partial charge in [-0.2, -0.15) is 0 Å². The molecular weight excluding hydrogens is 440 g/mol. The van der Waals surface area contributed by atoms with E-state index < -0.39 is 0 Å². The molecule has 0 saturated carbocycles. The Morgan fingerprint density at radius 1 is 1.25 bits per heavy atom. The number of amides is 1. The number of hydrogen-bond acceptors (Lipinski definition) is 4. The van der Waals surface area contributed by atoms with Crippen molar-refractivity contribution < 1.29 is 9.53 Å². The molecule has 1 aliphatic rings. The predicted octanol–water partition coefficient (Wildman–Crippen LogP) is 6.69. The standard InChI is InChI=1S/C26H27ClN2O2S/c1-4-17(5-2)31-26-20(12-9-13-28-26)18-10-7-8-11-19(18)22-15-29(25(30)6-3)16-23-21(22)14-24(27)32-23/h6-14,17,22H,3-5,15-16H2,1-2H3/t22-/m0/s1. The lowest BCUT2D eigenvalue weighted by Crippen LogP contribution is -2.37. The van der Waals surface area contributed by atoms with Crippen molar-refractivity contribution in [3.63, 3.8) is 0 Å². The molecule has 3 heterocycles. The zero-order valence-corrected chi connectivity index (χ0v) is 20.0. The van der Waals surface area contributed by atoms with E-state index in [0.29, 0.717) is 19.0 Å². The molecule has 0 saturated heterocycles. The topological polar surface area (TPSA) is 42.4 Å². The number of pyridine rings is 1. The number of halogens is 1. The summed E-state index contributed by atoms with van der Waals surface area (Å²) in [6.45, 7) is 9.06. The van der Waals surface area contributed by atoms with Gasteiger partial charge in [0, 0.05) is 29.1 Å². The molecule has 0 N–H and O–H groups in total. The van der Waals surface area contributed by atoms with Crippen molar-refractivity contribution in [2.75, 3.05) is 6.54 Å². The Balaban J connectivity index is 1.81. The molecule has 1 aliphatic heterocycles. The van der Waals surface area contributed by atoms with Crippen molar-refractivity contribution in [3.8, 4) is 17.0 Å². The molecule has 0 bridgehead atoms. The number of rotatable bonds is 7. The SMILES string of the molecule is C=CC(=O)N1Cc2sc(Cl)cc2[C@H](c2ccccc2-c2cccnc2OC(CC)CC)C1. The summed E-state index contributed by atoms with van der Waals surface area (Å²) in [6.07, 6.45) is 5.11. The highest BCUT2D eigenvalue weighted by Gasteiger charge is 2.32. The van der Waals surface area contributed by atoms with Crippen LogP contribution in [0.25, 0.3) is 11.1 Å². The Bertz CT molecular complexity index is 1120. The normalized spacial score (nSPS) is 15.5. The van der Waals surface area contributed by atoms with E-state index in [1.165, 1.54) is 23.0 Å². The Morgan fingerprint density at radius 2 is 2.00 bits per heavy atom. The Morgan fingerprint density at radius 3 is 2.75 bits per heavy atom. The largest absolute Gasteiger partial charge is 0.474 e. The van der Waals surface area contributed by atoms with E-state index in [2.05, 4.69) is 43.6 Å². The average molecular weight is 467 g/mol. The predicted molar refractivity (Wildman–Crippen MR) is 131 cm³/mol. The molecule has 1 aromatic carbocycles. The van der Waals surface area contributed by atoms with Gasteiger partial charge < -0.3 is 9.64 Å². The van der Waals surface area contributed by atoms with E-state index in [0.717, 1.165) is 38.7 Å². The minimum absolute atomic E-state index is 0.00352. The Hall–Kier alpha value is -2.63. The number of nitrogens with zero attached hydrogens (tertiary/aromatic N) is 2. The zero-order chi connectivity index (χ0) is 22.7. The number of fused-ring (bicyclic) bond motifs is 1. The van der Waals surface area contributed by atoms with Gasteiger partial charge in [0.15, 0.2) is 0 Å². The van der Waals surface area contributed by atoms with Gasteiger partial charge in [-0.15, -0.1) is 11.3 Å². The van der Waals surface area contributed by atoms with E-state index in [9.17, 15) is 4.79 Å². The first-order valence-corrected chi connectivity index (χ1v) is 12.2. The number of ether oxygens (including phenoxy) is 1. The second-order valence-corrected chi connectivity index (χ2v) is 9.67. The summed E-state index contributed by atoms with van der Waals surface area (Å²) in [4.78, 5) is 20.0. The van der Waals surface area contributed by atoms with Gasteiger partial charge in [-0.1, -0.05) is 56.3 Å². The van der Waals surface area contributed by atoms with Crippen LogP contribution in [-0.4, -0.2) is 28.4 Å².